The van der Waals surface area contributed by atoms with Crippen LogP contribution in [0.4, 0.5) is 0 Å². The summed E-state index contributed by atoms with van der Waals surface area (Å²) in [7, 11) is 1.96. The van der Waals surface area contributed by atoms with Gasteiger partial charge in [-0.3, -0.25) is 0 Å². The van der Waals surface area contributed by atoms with Gasteiger partial charge in [0.25, 0.3) is 0 Å². The number of nitrogens with one attached hydrogen (secondary N) is 1. The number of fused-ring (bicyclic) bond motifs is 1. The molecule has 2 aromatic heterocycles. The first-order valence-corrected chi connectivity index (χ1v) is 7.48. The Kier molecular flexibility index (Phi) is 3.51. The van der Waals surface area contributed by atoms with E-state index in [2.05, 4.69) is 48.4 Å². The van der Waals surface area contributed by atoms with Crippen molar-refractivity contribution in [2.24, 2.45) is 0 Å². The van der Waals surface area contributed by atoms with E-state index in [4.69, 9.17) is 4.98 Å². The number of rotatable bonds is 3. The molecular weight excluding hydrogens is 266 g/mol. The molecule has 1 N–H and O–H groups in total. The smallest absolute Gasteiger partial charge is 0.142 e. The number of hydrogen-bond donors (Lipinski definition) is 1. The van der Waals surface area contributed by atoms with Crippen LogP contribution < -0.4 is 5.32 Å². The maximum atomic E-state index is 4.75. The van der Waals surface area contributed by atoms with E-state index in [9.17, 15) is 0 Å². The zero-order valence-corrected chi connectivity index (χ0v) is 12.7. The molecule has 3 aromatic rings. The largest absolute Gasteiger partial charge is 0.315 e. The lowest BCUT2D eigenvalue weighted by molar-refractivity contribution is 0.823. The van der Waals surface area contributed by atoms with E-state index in [1.807, 2.05) is 13.1 Å². The molecule has 20 heavy (non-hydrogen) atoms. The molecule has 3 rings (SSSR count). The highest BCUT2D eigenvalue weighted by molar-refractivity contribution is 7.15. The van der Waals surface area contributed by atoms with Crippen molar-refractivity contribution in [3.05, 3.63) is 46.5 Å². The van der Waals surface area contributed by atoms with E-state index >= 15 is 0 Å². The Balaban J connectivity index is 2.12. The summed E-state index contributed by atoms with van der Waals surface area (Å²) in [5, 5.41) is 5.39. The fraction of sp³-hybridized carbons (Fsp3) is 0.250. The molecule has 0 bridgehead atoms. The number of hydrogen-bond acceptors (Lipinski definition) is 4. The number of aromatic nitrogens is 2. The van der Waals surface area contributed by atoms with E-state index in [0.717, 1.165) is 28.5 Å². The van der Waals surface area contributed by atoms with Gasteiger partial charge in [0, 0.05) is 16.8 Å². The van der Waals surface area contributed by atoms with E-state index in [-0.39, 0.29) is 0 Å². The van der Waals surface area contributed by atoms with Gasteiger partial charge in [0.05, 0.1) is 16.9 Å². The zero-order chi connectivity index (χ0) is 14.1. The van der Waals surface area contributed by atoms with Crippen molar-refractivity contribution < 1.29 is 0 Å². The average molecular weight is 283 g/mol. The number of thiazole rings is 1. The van der Waals surface area contributed by atoms with Gasteiger partial charge in [0.15, 0.2) is 0 Å². The van der Waals surface area contributed by atoms with Crippen LogP contribution in [-0.2, 0) is 6.54 Å². The van der Waals surface area contributed by atoms with Gasteiger partial charge in [-0.05, 0) is 38.6 Å². The third-order valence-corrected chi connectivity index (χ3v) is 4.55. The molecular formula is C16H17N3S. The Bertz CT molecular complexity index is 762. The molecule has 0 atom stereocenters. The van der Waals surface area contributed by atoms with E-state index < -0.39 is 0 Å². The summed E-state index contributed by atoms with van der Waals surface area (Å²) in [6.07, 6.45) is 0. The standard InChI is InChI=1S/C16H17N3S/c1-10-8-14(19-13-7-5-4-6-12(10)13)16-18-11(2)15(20-16)9-17-3/h4-8,17H,9H2,1-3H3. The highest BCUT2D eigenvalue weighted by atomic mass is 32.1. The lowest BCUT2D eigenvalue weighted by Gasteiger charge is -2.04. The average Bonchev–Trinajstić information content (AvgIpc) is 2.81. The Morgan fingerprint density at radius 3 is 2.75 bits per heavy atom. The number of para-hydroxylation sites is 1. The predicted octanol–water partition coefficient (Wildman–Crippen LogP) is 3.69. The van der Waals surface area contributed by atoms with Crippen LogP contribution in [0, 0.1) is 13.8 Å². The molecule has 0 unspecified atom stereocenters. The van der Waals surface area contributed by atoms with Crippen LogP contribution in [-0.4, -0.2) is 17.0 Å². The van der Waals surface area contributed by atoms with Crippen LogP contribution >= 0.6 is 11.3 Å². The van der Waals surface area contributed by atoms with Crippen LogP contribution in [0.1, 0.15) is 16.1 Å². The SMILES string of the molecule is CNCc1sc(-c2cc(C)c3ccccc3n2)nc1C. The van der Waals surface area contributed by atoms with Crippen LogP contribution in [0.2, 0.25) is 0 Å². The van der Waals surface area contributed by atoms with Crippen molar-refractivity contribution in [1.82, 2.24) is 15.3 Å². The Morgan fingerprint density at radius 1 is 1.15 bits per heavy atom. The van der Waals surface area contributed by atoms with Crippen LogP contribution in [0.15, 0.2) is 30.3 Å². The van der Waals surface area contributed by atoms with Crippen molar-refractivity contribution in [3.63, 3.8) is 0 Å². The lowest BCUT2D eigenvalue weighted by atomic mass is 10.1. The summed E-state index contributed by atoms with van der Waals surface area (Å²) in [5.74, 6) is 0. The predicted molar refractivity (Wildman–Crippen MR) is 85.1 cm³/mol. The molecule has 3 nitrogen and oxygen atoms in total. The first kappa shape index (κ1) is 13.2. The molecule has 2 heterocycles. The highest BCUT2D eigenvalue weighted by Gasteiger charge is 2.11. The van der Waals surface area contributed by atoms with Crippen molar-refractivity contribution >= 4 is 22.2 Å². The highest BCUT2D eigenvalue weighted by Crippen LogP contribution is 2.29. The first-order chi connectivity index (χ1) is 9.69. The van der Waals surface area contributed by atoms with Crippen molar-refractivity contribution in [1.29, 1.82) is 0 Å². The third kappa shape index (κ3) is 2.32. The molecule has 0 aliphatic carbocycles. The van der Waals surface area contributed by atoms with Crippen LogP contribution in [0.5, 0.6) is 0 Å². The van der Waals surface area contributed by atoms with Crippen LogP contribution in [0.3, 0.4) is 0 Å². The van der Waals surface area contributed by atoms with E-state index in [1.165, 1.54) is 15.8 Å². The molecule has 0 amide bonds. The molecule has 0 radical (unpaired) electrons. The second kappa shape index (κ2) is 5.31. The minimum absolute atomic E-state index is 0.857. The van der Waals surface area contributed by atoms with E-state index in [0.29, 0.717) is 0 Å². The number of benzene rings is 1. The number of pyridine rings is 1. The normalized spacial score (nSPS) is 11.2. The fourth-order valence-electron chi connectivity index (χ4n) is 2.32. The quantitative estimate of drug-likeness (QED) is 0.796. The van der Waals surface area contributed by atoms with Crippen molar-refractivity contribution in [2.45, 2.75) is 20.4 Å². The third-order valence-electron chi connectivity index (χ3n) is 3.37. The molecule has 0 aliphatic rings. The van der Waals surface area contributed by atoms with Gasteiger partial charge in [-0.25, -0.2) is 9.97 Å². The number of nitrogens with zero attached hydrogens (tertiary/aromatic N) is 2. The summed E-state index contributed by atoms with van der Waals surface area (Å²) in [6, 6.07) is 10.4. The summed E-state index contributed by atoms with van der Waals surface area (Å²) in [6.45, 7) is 5.04. The van der Waals surface area contributed by atoms with Crippen molar-refractivity contribution in [2.75, 3.05) is 7.05 Å². The van der Waals surface area contributed by atoms with Gasteiger partial charge in [-0.15, -0.1) is 11.3 Å². The summed E-state index contributed by atoms with van der Waals surface area (Å²) in [5.41, 5.74) is 4.34. The molecule has 102 valence electrons. The Morgan fingerprint density at radius 2 is 1.95 bits per heavy atom. The molecule has 0 saturated heterocycles. The van der Waals surface area contributed by atoms with Crippen molar-refractivity contribution in [3.8, 4) is 10.7 Å². The minimum atomic E-state index is 0.857. The maximum Gasteiger partial charge on any atom is 0.142 e. The molecule has 4 heteroatoms. The van der Waals surface area contributed by atoms with Gasteiger partial charge in [0.2, 0.25) is 0 Å². The van der Waals surface area contributed by atoms with Gasteiger partial charge in [0.1, 0.15) is 5.01 Å². The van der Waals surface area contributed by atoms with Gasteiger partial charge in [-0.2, -0.15) is 0 Å². The summed E-state index contributed by atoms with van der Waals surface area (Å²) in [4.78, 5) is 10.7. The maximum absolute atomic E-state index is 4.75. The monoisotopic (exact) mass is 283 g/mol. The molecule has 0 aliphatic heterocycles. The molecule has 0 fully saturated rings. The molecule has 0 spiro atoms. The summed E-state index contributed by atoms with van der Waals surface area (Å²) < 4.78 is 0. The van der Waals surface area contributed by atoms with Crippen LogP contribution in [0.25, 0.3) is 21.6 Å². The lowest BCUT2D eigenvalue weighted by Crippen LogP contribution is -2.04. The molecule has 0 saturated carbocycles. The topological polar surface area (TPSA) is 37.8 Å². The van der Waals surface area contributed by atoms with Gasteiger partial charge in [-0.1, -0.05) is 18.2 Å². The first-order valence-electron chi connectivity index (χ1n) is 6.66. The Hall–Kier alpha value is -1.78. The Labute approximate surface area is 122 Å². The second-order valence-corrected chi connectivity index (χ2v) is 5.98. The summed E-state index contributed by atoms with van der Waals surface area (Å²) >= 11 is 1.72. The van der Waals surface area contributed by atoms with E-state index in [1.54, 1.807) is 11.3 Å². The fourth-order valence-corrected chi connectivity index (χ4v) is 3.36. The second-order valence-electron chi connectivity index (χ2n) is 4.90. The minimum Gasteiger partial charge on any atom is -0.315 e. The van der Waals surface area contributed by atoms with Gasteiger partial charge >= 0.3 is 0 Å². The molecule has 1 aromatic carbocycles. The van der Waals surface area contributed by atoms with Gasteiger partial charge < -0.3 is 5.32 Å². The number of aryl methyl sites for hydroxylation is 2. The zero-order valence-electron chi connectivity index (χ0n) is 11.9.